The zero-order valence-electron chi connectivity index (χ0n) is 9.80. The molecule has 17 heavy (non-hydrogen) atoms. The minimum atomic E-state index is -0.339. The summed E-state index contributed by atoms with van der Waals surface area (Å²) in [5, 5.41) is 12.1. The summed E-state index contributed by atoms with van der Waals surface area (Å²) >= 11 is 0. The molecule has 2 heteroatoms. The van der Waals surface area contributed by atoms with Gasteiger partial charge in [0.15, 0.2) is 0 Å². The molecular formula is C15H15NO. The molecule has 3 aromatic rings. The molecule has 0 saturated heterocycles. The predicted molar refractivity (Wildman–Crippen MR) is 71.1 cm³/mol. The van der Waals surface area contributed by atoms with E-state index >= 15 is 0 Å². The molecule has 0 aliphatic rings. The highest BCUT2D eigenvalue weighted by Crippen LogP contribution is 2.28. The number of aliphatic hydroxyl groups is 1. The summed E-state index contributed by atoms with van der Waals surface area (Å²) in [6.07, 6.45) is -0.339. The maximum absolute atomic E-state index is 9.62. The standard InChI is InChI=1S/C15H15NO/c1-11(17)10-16-14-8-4-2-6-12(14)13-7-3-5-9-15(13)16/h2-9,11,17H,10H2,1H3/t11-/m1/s1. The van der Waals surface area contributed by atoms with Crippen molar-refractivity contribution < 1.29 is 5.11 Å². The first-order valence-electron chi connectivity index (χ1n) is 5.91. The monoisotopic (exact) mass is 225 g/mol. The highest BCUT2D eigenvalue weighted by molar-refractivity contribution is 6.07. The summed E-state index contributed by atoms with van der Waals surface area (Å²) in [7, 11) is 0. The third kappa shape index (κ3) is 1.61. The molecule has 3 rings (SSSR count). The van der Waals surface area contributed by atoms with Gasteiger partial charge in [0, 0.05) is 28.4 Å². The predicted octanol–water partition coefficient (Wildman–Crippen LogP) is 3.18. The molecule has 2 nitrogen and oxygen atoms in total. The smallest absolute Gasteiger partial charge is 0.0691 e. The molecule has 0 bridgehead atoms. The summed E-state index contributed by atoms with van der Waals surface area (Å²) in [5.41, 5.74) is 2.38. The van der Waals surface area contributed by atoms with Crippen molar-refractivity contribution in [3.8, 4) is 0 Å². The Labute approximate surface area is 100 Å². The van der Waals surface area contributed by atoms with Gasteiger partial charge < -0.3 is 9.67 Å². The minimum absolute atomic E-state index is 0.339. The average molecular weight is 225 g/mol. The van der Waals surface area contributed by atoms with E-state index in [1.807, 2.05) is 19.1 Å². The van der Waals surface area contributed by atoms with Crippen LogP contribution in [0.5, 0.6) is 0 Å². The molecule has 0 fully saturated rings. The lowest BCUT2D eigenvalue weighted by Crippen LogP contribution is -2.11. The van der Waals surface area contributed by atoms with Crippen molar-refractivity contribution in [1.82, 2.24) is 4.57 Å². The van der Waals surface area contributed by atoms with Gasteiger partial charge in [0.25, 0.3) is 0 Å². The van der Waals surface area contributed by atoms with Gasteiger partial charge in [-0.25, -0.2) is 0 Å². The average Bonchev–Trinajstić information content (AvgIpc) is 2.65. The highest BCUT2D eigenvalue weighted by atomic mass is 16.3. The van der Waals surface area contributed by atoms with Crippen LogP contribution in [0, 0.1) is 0 Å². The molecule has 0 amide bonds. The quantitative estimate of drug-likeness (QED) is 0.712. The van der Waals surface area contributed by atoms with E-state index in [1.54, 1.807) is 0 Å². The first-order chi connectivity index (χ1) is 8.27. The lowest BCUT2D eigenvalue weighted by Gasteiger charge is -2.09. The van der Waals surface area contributed by atoms with Gasteiger partial charge in [0.2, 0.25) is 0 Å². The second kappa shape index (κ2) is 3.90. The second-order valence-corrected chi connectivity index (χ2v) is 4.49. The molecule has 86 valence electrons. The number of nitrogens with zero attached hydrogens (tertiary/aromatic N) is 1. The second-order valence-electron chi connectivity index (χ2n) is 4.49. The summed E-state index contributed by atoms with van der Waals surface area (Å²) < 4.78 is 2.19. The normalized spacial score (nSPS) is 13.3. The number of rotatable bonds is 2. The zero-order chi connectivity index (χ0) is 11.8. The summed E-state index contributed by atoms with van der Waals surface area (Å²) in [5.74, 6) is 0. The summed E-state index contributed by atoms with van der Waals surface area (Å²) in [4.78, 5) is 0. The van der Waals surface area contributed by atoms with Crippen LogP contribution in [0.15, 0.2) is 48.5 Å². The van der Waals surface area contributed by atoms with Crippen molar-refractivity contribution in [2.75, 3.05) is 0 Å². The van der Waals surface area contributed by atoms with Crippen LogP contribution in [0.4, 0.5) is 0 Å². The summed E-state index contributed by atoms with van der Waals surface area (Å²) in [6, 6.07) is 16.7. The molecule has 1 aromatic heterocycles. The lowest BCUT2D eigenvalue weighted by molar-refractivity contribution is 0.176. The number of fused-ring (bicyclic) bond motifs is 3. The fourth-order valence-corrected chi connectivity index (χ4v) is 2.46. The number of aliphatic hydroxyl groups excluding tert-OH is 1. The Morgan fingerprint density at radius 1 is 0.941 bits per heavy atom. The van der Waals surface area contributed by atoms with E-state index in [-0.39, 0.29) is 6.10 Å². The Kier molecular flexibility index (Phi) is 2.37. The van der Waals surface area contributed by atoms with Crippen LogP contribution in [0.3, 0.4) is 0 Å². The van der Waals surface area contributed by atoms with Gasteiger partial charge in [0.05, 0.1) is 6.10 Å². The topological polar surface area (TPSA) is 25.2 Å². The SMILES string of the molecule is C[C@@H](O)Cn1c2ccccc2c2ccccc21. The van der Waals surface area contributed by atoms with Gasteiger partial charge in [0.1, 0.15) is 0 Å². The molecule has 0 aliphatic heterocycles. The fraction of sp³-hybridized carbons (Fsp3) is 0.200. The third-order valence-electron chi connectivity index (χ3n) is 3.13. The Morgan fingerprint density at radius 2 is 1.41 bits per heavy atom. The fourth-order valence-electron chi connectivity index (χ4n) is 2.46. The van der Waals surface area contributed by atoms with Gasteiger partial charge in [-0.2, -0.15) is 0 Å². The molecule has 2 aromatic carbocycles. The number of hydrogen-bond donors (Lipinski definition) is 1. The molecule has 1 atom stereocenters. The van der Waals surface area contributed by atoms with Crippen LogP contribution in [0.2, 0.25) is 0 Å². The maximum atomic E-state index is 9.62. The van der Waals surface area contributed by atoms with E-state index in [4.69, 9.17) is 0 Å². The van der Waals surface area contributed by atoms with Crippen molar-refractivity contribution >= 4 is 21.8 Å². The number of benzene rings is 2. The summed E-state index contributed by atoms with van der Waals surface area (Å²) in [6.45, 7) is 2.46. The van der Waals surface area contributed by atoms with Crippen LogP contribution in [-0.2, 0) is 6.54 Å². The van der Waals surface area contributed by atoms with E-state index in [1.165, 1.54) is 21.8 Å². The van der Waals surface area contributed by atoms with Crippen LogP contribution in [0.1, 0.15) is 6.92 Å². The highest BCUT2D eigenvalue weighted by Gasteiger charge is 2.10. The molecule has 0 saturated carbocycles. The number of aromatic nitrogens is 1. The van der Waals surface area contributed by atoms with Crippen LogP contribution >= 0.6 is 0 Å². The Morgan fingerprint density at radius 3 is 1.88 bits per heavy atom. The van der Waals surface area contributed by atoms with Crippen LogP contribution in [0.25, 0.3) is 21.8 Å². The molecule has 0 radical (unpaired) electrons. The lowest BCUT2D eigenvalue weighted by atomic mass is 10.2. The third-order valence-corrected chi connectivity index (χ3v) is 3.13. The van der Waals surface area contributed by atoms with E-state index in [2.05, 4.69) is 41.0 Å². The Balaban J connectivity index is 2.41. The van der Waals surface area contributed by atoms with Gasteiger partial charge in [-0.15, -0.1) is 0 Å². The van der Waals surface area contributed by atoms with Crippen molar-refractivity contribution in [3.05, 3.63) is 48.5 Å². The van der Waals surface area contributed by atoms with Gasteiger partial charge in [-0.05, 0) is 19.1 Å². The number of para-hydroxylation sites is 2. The van der Waals surface area contributed by atoms with Crippen LogP contribution < -0.4 is 0 Å². The van der Waals surface area contributed by atoms with Crippen molar-refractivity contribution in [2.45, 2.75) is 19.6 Å². The maximum Gasteiger partial charge on any atom is 0.0691 e. The van der Waals surface area contributed by atoms with Gasteiger partial charge in [-0.1, -0.05) is 36.4 Å². The molecule has 1 N–H and O–H groups in total. The van der Waals surface area contributed by atoms with Crippen molar-refractivity contribution in [2.24, 2.45) is 0 Å². The van der Waals surface area contributed by atoms with Crippen LogP contribution in [-0.4, -0.2) is 15.8 Å². The van der Waals surface area contributed by atoms with E-state index < -0.39 is 0 Å². The molecular weight excluding hydrogens is 210 g/mol. The van der Waals surface area contributed by atoms with Crippen molar-refractivity contribution in [3.63, 3.8) is 0 Å². The molecule has 0 unspecified atom stereocenters. The van der Waals surface area contributed by atoms with Gasteiger partial charge >= 0.3 is 0 Å². The Hall–Kier alpha value is -1.80. The van der Waals surface area contributed by atoms with E-state index in [9.17, 15) is 5.11 Å². The van der Waals surface area contributed by atoms with E-state index in [0.717, 1.165) is 0 Å². The molecule has 1 heterocycles. The molecule has 0 spiro atoms. The number of hydrogen-bond acceptors (Lipinski definition) is 1. The van der Waals surface area contributed by atoms with E-state index in [0.29, 0.717) is 6.54 Å². The van der Waals surface area contributed by atoms with Gasteiger partial charge in [-0.3, -0.25) is 0 Å². The zero-order valence-corrected chi connectivity index (χ0v) is 9.80. The van der Waals surface area contributed by atoms with Crippen molar-refractivity contribution in [1.29, 1.82) is 0 Å². The molecule has 0 aliphatic carbocycles. The first-order valence-corrected chi connectivity index (χ1v) is 5.91. The minimum Gasteiger partial charge on any atom is -0.392 e. The largest absolute Gasteiger partial charge is 0.392 e. The first kappa shape index (κ1) is 10.4. The Bertz CT molecular complexity index is 614.